The number of amides is 1. The van der Waals surface area contributed by atoms with Crippen molar-refractivity contribution in [1.29, 1.82) is 0 Å². The Balaban J connectivity index is 2.09. The third-order valence-corrected chi connectivity index (χ3v) is 3.49. The maximum absolute atomic E-state index is 13.9. The van der Waals surface area contributed by atoms with Gasteiger partial charge in [0.05, 0.1) is 25.6 Å². The van der Waals surface area contributed by atoms with Crippen molar-refractivity contribution < 1.29 is 18.7 Å². The first-order valence-electron chi connectivity index (χ1n) is 7.77. The molecule has 2 aromatic rings. The number of nitrogens with two attached hydrogens (primary N) is 1. The summed E-state index contributed by atoms with van der Waals surface area (Å²) in [5.41, 5.74) is 6.82. The first kappa shape index (κ1) is 19.1. The number of anilines is 1. The minimum absolute atomic E-state index is 0.0309. The number of methoxy groups -OCH3 is 1. The van der Waals surface area contributed by atoms with Gasteiger partial charge in [-0.15, -0.1) is 0 Å². The lowest BCUT2D eigenvalue weighted by Gasteiger charge is -2.10. The molecular weight excluding hydrogens is 341 g/mol. The standard InChI is InChI=1S/C17H20FN5O3/c1-10-15(21-9-14(22-10)25-3)16(24)23-12-4-5-13(18)11(8-12)6-7-26-17(19)20-2/h4-5,8-9H,6-7H2,1-3H3,(H2,19,20)(H,23,24). The van der Waals surface area contributed by atoms with Gasteiger partial charge in [-0.05, 0) is 30.7 Å². The molecule has 1 aromatic heterocycles. The maximum Gasteiger partial charge on any atom is 0.281 e. The van der Waals surface area contributed by atoms with Crippen LogP contribution >= 0.6 is 0 Å². The van der Waals surface area contributed by atoms with Crippen LogP contribution in [0.2, 0.25) is 0 Å². The summed E-state index contributed by atoms with van der Waals surface area (Å²) >= 11 is 0. The zero-order valence-electron chi connectivity index (χ0n) is 14.7. The summed E-state index contributed by atoms with van der Waals surface area (Å²) in [5.74, 6) is -0.536. The van der Waals surface area contributed by atoms with Gasteiger partial charge in [0.1, 0.15) is 11.5 Å². The van der Waals surface area contributed by atoms with Crippen molar-refractivity contribution >= 4 is 17.6 Å². The fraction of sp³-hybridized carbons (Fsp3) is 0.294. The highest BCUT2D eigenvalue weighted by Gasteiger charge is 2.14. The van der Waals surface area contributed by atoms with Crippen molar-refractivity contribution in [3.63, 3.8) is 0 Å². The number of aliphatic imine (C=N–C) groups is 1. The molecule has 0 unspecified atom stereocenters. The normalized spacial score (nSPS) is 11.2. The monoisotopic (exact) mass is 361 g/mol. The van der Waals surface area contributed by atoms with Crippen LogP contribution < -0.4 is 15.8 Å². The molecule has 0 radical (unpaired) electrons. The van der Waals surface area contributed by atoms with Crippen molar-refractivity contribution in [2.24, 2.45) is 10.7 Å². The molecule has 1 amide bonds. The Labute approximate surface area is 150 Å². The van der Waals surface area contributed by atoms with Crippen LogP contribution in [-0.2, 0) is 11.2 Å². The average molecular weight is 361 g/mol. The van der Waals surface area contributed by atoms with Gasteiger partial charge in [-0.2, -0.15) is 0 Å². The predicted octanol–water partition coefficient (Wildman–Crippen LogP) is 1.69. The van der Waals surface area contributed by atoms with Gasteiger partial charge in [0, 0.05) is 19.2 Å². The second-order valence-corrected chi connectivity index (χ2v) is 5.27. The van der Waals surface area contributed by atoms with E-state index in [1.807, 2.05) is 0 Å². The van der Waals surface area contributed by atoms with E-state index in [9.17, 15) is 9.18 Å². The van der Waals surface area contributed by atoms with E-state index in [0.717, 1.165) is 0 Å². The molecule has 0 fully saturated rings. The Morgan fingerprint density at radius 1 is 1.42 bits per heavy atom. The van der Waals surface area contributed by atoms with Gasteiger partial charge in [-0.3, -0.25) is 4.79 Å². The number of carbonyl (C=O) groups is 1. The topological polar surface area (TPSA) is 112 Å². The van der Waals surface area contributed by atoms with Crippen molar-refractivity contribution in [2.45, 2.75) is 13.3 Å². The molecule has 0 aliphatic carbocycles. The summed E-state index contributed by atoms with van der Waals surface area (Å²) in [5, 5.41) is 2.68. The molecule has 9 heteroatoms. The lowest BCUT2D eigenvalue weighted by molar-refractivity contribution is 0.102. The lowest BCUT2D eigenvalue weighted by Crippen LogP contribution is -2.18. The van der Waals surface area contributed by atoms with Crippen molar-refractivity contribution in [2.75, 3.05) is 26.1 Å². The molecule has 2 rings (SSSR count). The van der Waals surface area contributed by atoms with Gasteiger partial charge in [-0.25, -0.2) is 19.4 Å². The number of carbonyl (C=O) groups excluding carboxylic acids is 1. The SMILES string of the molecule is CN=C(N)OCCc1cc(NC(=O)c2ncc(OC)nc2C)ccc1F. The number of halogens is 1. The molecular formula is C17H20FN5O3. The van der Waals surface area contributed by atoms with Crippen molar-refractivity contribution in [3.05, 3.63) is 47.2 Å². The van der Waals surface area contributed by atoms with Crippen LogP contribution in [0.5, 0.6) is 5.88 Å². The number of benzene rings is 1. The average Bonchev–Trinajstić information content (AvgIpc) is 2.63. The largest absolute Gasteiger partial charge is 0.480 e. The number of ether oxygens (including phenoxy) is 2. The molecule has 3 N–H and O–H groups in total. The van der Waals surface area contributed by atoms with E-state index < -0.39 is 11.7 Å². The lowest BCUT2D eigenvalue weighted by atomic mass is 10.1. The fourth-order valence-electron chi connectivity index (χ4n) is 2.15. The minimum Gasteiger partial charge on any atom is -0.480 e. The summed E-state index contributed by atoms with van der Waals surface area (Å²) in [6.45, 7) is 1.82. The van der Waals surface area contributed by atoms with E-state index in [1.165, 1.54) is 38.6 Å². The molecule has 0 bridgehead atoms. The maximum atomic E-state index is 13.9. The number of nitrogens with zero attached hydrogens (tertiary/aromatic N) is 3. The van der Waals surface area contributed by atoms with E-state index >= 15 is 0 Å². The fourth-order valence-corrected chi connectivity index (χ4v) is 2.15. The molecule has 1 aromatic carbocycles. The number of aromatic nitrogens is 2. The van der Waals surface area contributed by atoms with E-state index in [1.54, 1.807) is 6.92 Å². The third kappa shape index (κ3) is 4.88. The molecule has 0 spiro atoms. The van der Waals surface area contributed by atoms with E-state index in [0.29, 0.717) is 22.8 Å². The van der Waals surface area contributed by atoms with Gasteiger partial charge < -0.3 is 20.5 Å². The Kier molecular flexibility index (Phi) is 6.42. The van der Waals surface area contributed by atoms with Crippen molar-refractivity contribution in [3.8, 4) is 5.88 Å². The molecule has 0 aliphatic rings. The van der Waals surface area contributed by atoms with Gasteiger partial charge >= 0.3 is 0 Å². The summed E-state index contributed by atoms with van der Waals surface area (Å²) in [7, 11) is 2.96. The third-order valence-electron chi connectivity index (χ3n) is 3.49. The Morgan fingerprint density at radius 2 is 2.19 bits per heavy atom. The molecule has 0 saturated heterocycles. The van der Waals surface area contributed by atoms with Crippen LogP contribution in [0, 0.1) is 12.7 Å². The smallest absolute Gasteiger partial charge is 0.281 e. The first-order valence-corrected chi connectivity index (χ1v) is 7.77. The van der Waals surface area contributed by atoms with Gasteiger partial charge in [0.2, 0.25) is 5.88 Å². The molecule has 138 valence electrons. The quantitative estimate of drug-likeness (QED) is 0.598. The molecule has 1 heterocycles. The van der Waals surface area contributed by atoms with Gasteiger partial charge in [0.25, 0.3) is 11.9 Å². The molecule has 0 saturated carbocycles. The Morgan fingerprint density at radius 3 is 2.85 bits per heavy atom. The number of nitrogens with one attached hydrogen (secondary N) is 1. The van der Waals surface area contributed by atoms with Gasteiger partial charge in [-0.1, -0.05) is 0 Å². The zero-order valence-corrected chi connectivity index (χ0v) is 14.7. The highest BCUT2D eigenvalue weighted by Crippen LogP contribution is 2.17. The van der Waals surface area contributed by atoms with E-state index in [2.05, 4.69) is 20.3 Å². The van der Waals surface area contributed by atoms with Crippen LogP contribution in [0.25, 0.3) is 0 Å². The second-order valence-electron chi connectivity index (χ2n) is 5.27. The number of amidine groups is 1. The number of rotatable bonds is 6. The predicted molar refractivity (Wildman–Crippen MR) is 94.9 cm³/mol. The summed E-state index contributed by atoms with van der Waals surface area (Å²) < 4.78 is 24.0. The molecule has 0 atom stereocenters. The van der Waals surface area contributed by atoms with Crippen molar-refractivity contribution in [1.82, 2.24) is 9.97 Å². The highest BCUT2D eigenvalue weighted by atomic mass is 19.1. The summed E-state index contributed by atoms with van der Waals surface area (Å²) in [6, 6.07) is 4.30. The van der Waals surface area contributed by atoms with Crippen LogP contribution in [0.3, 0.4) is 0 Å². The molecule has 26 heavy (non-hydrogen) atoms. The zero-order chi connectivity index (χ0) is 19.1. The highest BCUT2D eigenvalue weighted by molar-refractivity contribution is 6.03. The van der Waals surface area contributed by atoms with E-state index in [-0.39, 0.29) is 24.7 Å². The summed E-state index contributed by atoms with van der Waals surface area (Å²) in [6.07, 6.45) is 1.63. The molecule has 8 nitrogen and oxygen atoms in total. The van der Waals surface area contributed by atoms with E-state index in [4.69, 9.17) is 15.2 Å². The Bertz CT molecular complexity index is 826. The van der Waals surface area contributed by atoms with Crippen LogP contribution in [0.1, 0.15) is 21.7 Å². The van der Waals surface area contributed by atoms with Crippen LogP contribution in [-0.4, -0.2) is 42.7 Å². The number of hydrogen-bond donors (Lipinski definition) is 2. The first-order chi connectivity index (χ1) is 12.4. The number of hydrogen-bond acceptors (Lipinski definition) is 6. The Hall–Kier alpha value is -3.23. The second kappa shape index (κ2) is 8.75. The van der Waals surface area contributed by atoms with Crippen LogP contribution in [0.4, 0.5) is 10.1 Å². The molecule has 0 aliphatic heterocycles. The van der Waals surface area contributed by atoms with Crippen LogP contribution in [0.15, 0.2) is 29.4 Å². The summed E-state index contributed by atoms with van der Waals surface area (Å²) in [4.78, 5) is 24.2. The van der Waals surface area contributed by atoms with Gasteiger partial charge in [0.15, 0.2) is 0 Å². The number of aryl methyl sites for hydroxylation is 1. The minimum atomic E-state index is -0.450.